The highest BCUT2D eigenvalue weighted by Gasteiger charge is 2.38. The first kappa shape index (κ1) is 84.2. The molecule has 27 N–H and O–H groups in total. The molecule has 1 aliphatic rings. The fourth-order valence-corrected chi connectivity index (χ4v) is 11.9. The van der Waals surface area contributed by atoms with E-state index in [2.05, 4.69) is 73.5 Å². The van der Waals surface area contributed by atoms with Crippen LogP contribution in [0.3, 0.4) is 0 Å². The first-order chi connectivity index (χ1) is 47.4. The van der Waals surface area contributed by atoms with E-state index in [0.29, 0.717) is 11.1 Å². The molecule has 0 spiro atoms. The van der Waals surface area contributed by atoms with Crippen LogP contribution in [-0.2, 0) is 75.2 Å². The Morgan fingerprint density at radius 1 is 0.530 bits per heavy atom. The van der Waals surface area contributed by atoms with Gasteiger partial charge in [-0.1, -0.05) is 123 Å². The van der Waals surface area contributed by atoms with Crippen LogP contribution in [0.4, 0.5) is 0 Å². The van der Waals surface area contributed by atoms with E-state index in [1.807, 2.05) is 0 Å². The number of nitrogens with one attached hydrogen (secondary N) is 11. The minimum absolute atomic E-state index is 0.0144. The van der Waals surface area contributed by atoms with Gasteiger partial charge in [-0.25, -0.2) is 4.79 Å². The molecule has 1 aliphatic heterocycles. The molecule has 100 heavy (non-hydrogen) atoms. The smallest absolute Gasteiger partial charge is 0.326 e. The van der Waals surface area contributed by atoms with Gasteiger partial charge in [0, 0.05) is 44.0 Å². The molecule has 1 heterocycles. The standard InChI is InChI=1S/C62H97N21O15S2/c1-5-33(3)48-57(95)80-43(28-47(86)87)55(93)76-39(21-14-24-71-61(66)67)53(91)83-49(34(4)6-2)58(96)81-44(56(94)79-42(27-36-18-11-8-12-19-36)54(92)77-40(59(97)98)22-15-25-72-62(68)69)32-100-99-31-37(63)50(88)78-41(26-35-16-9-7-10-17-35)51(89)74-29-45(84)73-30-46(85)75-38(52(90)82-48)20-13-23-70-60(64)65/h7-12,16-19,33-34,37-44,48-49H,5-6,13-15,20-32,63H2,1-4H3,(H,73,84)(H,74,89)(H,75,85)(H,76,93)(H,77,92)(H,78,88)(H,79,94)(H,80,95)(H,81,96)(H,82,90)(H,83,91)(H,86,87)(H,97,98)(H4,64,65,70)(H4,66,67,71)(H4,68,69,72)/t33-,34-,37-,38?,39-,40-,41?,42-,43?,44?,48-,49-/m0/s1. The van der Waals surface area contributed by atoms with Crippen molar-refractivity contribution in [3.63, 3.8) is 0 Å². The molecule has 0 radical (unpaired) electrons. The Labute approximate surface area is 586 Å². The van der Waals surface area contributed by atoms with E-state index in [-0.39, 0.29) is 113 Å². The van der Waals surface area contributed by atoms with Crippen molar-refractivity contribution >= 4 is 116 Å². The highest BCUT2D eigenvalue weighted by molar-refractivity contribution is 8.76. The van der Waals surface area contributed by atoms with E-state index in [1.54, 1.807) is 88.4 Å². The summed E-state index contributed by atoms with van der Waals surface area (Å²) in [6.07, 6.45) is -1.29. The number of aliphatic carboxylic acids is 2. The fraction of sp³-hybridized carbons (Fsp3) is 0.548. The van der Waals surface area contributed by atoms with Crippen LogP contribution >= 0.6 is 21.6 Å². The number of amides is 11. The molecule has 1 saturated heterocycles. The molecule has 0 bridgehead atoms. The van der Waals surface area contributed by atoms with Crippen LogP contribution < -0.4 is 98.6 Å². The summed E-state index contributed by atoms with van der Waals surface area (Å²) in [6.45, 7) is 4.98. The Hall–Kier alpha value is -9.98. The third-order valence-corrected chi connectivity index (χ3v) is 18.0. The Morgan fingerprint density at radius 3 is 1.52 bits per heavy atom. The van der Waals surface area contributed by atoms with E-state index in [1.165, 1.54) is 0 Å². The van der Waals surface area contributed by atoms with Crippen LogP contribution in [0.5, 0.6) is 0 Å². The second-order valence-electron chi connectivity index (χ2n) is 23.6. The second-order valence-corrected chi connectivity index (χ2v) is 26.1. The molecule has 2 aromatic rings. The van der Waals surface area contributed by atoms with Crippen molar-refractivity contribution in [2.75, 3.05) is 44.2 Å². The maximum Gasteiger partial charge on any atom is 0.326 e. The van der Waals surface area contributed by atoms with Gasteiger partial charge in [-0.3, -0.25) is 72.5 Å². The van der Waals surface area contributed by atoms with Gasteiger partial charge >= 0.3 is 11.9 Å². The lowest BCUT2D eigenvalue weighted by Gasteiger charge is -2.30. The van der Waals surface area contributed by atoms with Gasteiger partial charge in [0.05, 0.1) is 25.6 Å². The van der Waals surface area contributed by atoms with Gasteiger partial charge in [0.15, 0.2) is 17.9 Å². The normalized spacial score (nSPS) is 22.0. The van der Waals surface area contributed by atoms with Crippen molar-refractivity contribution in [2.45, 2.75) is 159 Å². The lowest BCUT2D eigenvalue weighted by atomic mass is 9.96. The number of carboxylic acids is 2. The number of nitrogens with two attached hydrogens (primary N) is 7. The minimum atomic E-state index is -1.94. The number of hydrogen-bond donors (Lipinski definition) is 20. The molecule has 2 aromatic carbocycles. The molecule has 0 saturated carbocycles. The monoisotopic (exact) mass is 1440 g/mol. The van der Waals surface area contributed by atoms with Crippen LogP contribution in [0.1, 0.15) is 96.6 Å². The highest BCUT2D eigenvalue weighted by Crippen LogP contribution is 2.24. The third kappa shape index (κ3) is 32.1. The maximum absolute atomic E-state index is 14.9. The van der Waals surface area contributed by atoms with Crippen molar-refractivity contribution in [1.29, 1.82) is 0 Å². The van der Waals surface area contributed by atoms with E-state index in [4.69, 9.17) is 40.1 Å². The van der Waals surface area contributed by atoms with Crippen molar-refractivity contribution in [3.05, 3.63) is 71.8 Å². The predicted molar refractivity (Wildman–Crippen MR) is 375 cm³/mol. The minimum Gasteiger partial charge on any atom is -0.481 e. The van der Waals surface area contributed by atoms with E-state index < -0.39 is 169 Å². The molecule has 552 valence electrons. The number of guanidine groups is 3. The zero-order valence-electron chi connectivity index (χ0n) is 56.3. The van der Waals surface area contributed by atoms with E-state index in [9.17, 15) is 72.5 Å². The van der Waals surface area contributed by atoms with Crippen LogP contribution in [-0.4, -0.2) is 210 Å². The summed E-state index contributed by atoms with van der Waals surface area (Å²) in [4.78, 5) is 193. The maximum atomic E-state index is 14.9. The van der Waals surface area contributed by atoms with Crippen LogP contribution in [0.25, 0.3) is 0 Å². The zero-order valence-corrected chi connectivity index (χ0v) is 58.0. The van der Waals surface area contributed by atoms with Gasteiger partial charge in [-0.05, 0) is 61.5 Å². The topological polar surface area (TPSA) is 614 Å². The first-order valence-electron chi connectivity index (χ1n) is 32.4. The first-order valence-corrected chi connectivity index (χ1v) is 34.9. The number of benzene rings is 2. The molecular formula is C62H97N21O15S2. The average molecular weight is 1440 g/mol. The highest BCUT2D eigenvalue weighted by atomic mass is 33.1. The molecule has 36 nitrogen and oxygen atoms in total. The lowest BCUT2D eigenvalue weighted by Crippen LogP contribution is -2.62. The lowest BCUT2D eigenvalue weighted by molar-refractivity contribution is -0.142. The van der Waals surface area contributed by atoms with Crippen molar-refractivity contribution in [3.8, 4) is 0 Å². The number of carboxylic acid groups (broad SMARTS) is 2. The summed E-state index contributed by atoms with van der Waals surface area (Å²) >= 11 is 0. The summed E-state index contributed by atoms with van der Waals surface area (Å²) in [5.74, 6) is -16.4. The summed E-state index contributed by atoms with van der Waals surface area (Å²) in [5, 5.41) is 48.1. The number of carbonyl (C=O) groups is 13. The molecule has 0 aromatic heterocycles. The summed E-state index contributed by atoms with van der Waals surface area (Å²) < 4.78 is 0. The molecule has 11 amide bonds. The van der Waals surface area contributed by atoms with Crippen molar-refractivity contribution < 1.29 is 72.5 Å². The average Bonchev–Trinajstić information content (AvgIpc) is 0.855. The van der Waals surface area contributed by atoms with Crippen LogP contribution in [0.15, 0.2) is 75.6 Å². The molecule has 4 unspecified atom stereocenters. The number of hydrogen-bond acceptors (Lipinski definition) is 19. The van der Waals surface area contributed by atoms with E-state index >= 15 is 0 Å². The Kier molecular flexibility index (Phi) is 37.8. The Balaban J connectivity index is 2.23. The molecule has 38 heteroatoms. The molecule has 3 rings (SSSR count). The van der Waals surface area contributed by atoms with E-state index in [0.717, 1.165) is 21.6 Å². The summed E-state index contributed by atoms with van der Waals surface area (Å²) in [5.41, 5.74) is 40.5. The third-order valence-electron chi connectivity index (χ3n) is 15.6. The quantitative estimate of drug-likeness (QED) is 0.0172. The SMILES string of the molecule is CC[C@H](C)[C@@H]1NC(=O)C(CCCN=C(N)N)NC(=O)CNC(=O)CNC(=O)C(Cc2ccccc2)NC(=O)[C@@H](N)CSSCC(C(=O)N[C@@H](Cc2ccccc2)C(=O)N[C@@H](CCCN=C(N)N)C(=O)O)NC(=O)[C@H]([C@@H](C)CC)NC(=O)[C@H](CCCN=C(N)N)NC(=O)C(CC(=O)O)NC1=O. The van der Waals surface area contributed by atoms with Crippen LogP contribution in [0, 0.1) is 11.8 Å². The van der Waals surface area contributed by atoms with Gasteiger partial charge < -0.3 is 109 Å². The number of nitrogens with zero attached hydrogens (tertiary/aromatic N) is 3. The number of carbonyl (C=O) groups excluding carboxylic acids is 11. The Bertz CT molecular complexity index is 3180. The van der Waals surface area contributed by atoms with Gasteiger partial charge in [-0.2, -0.15) is 0 Å². The van der Waals surface area contributed by atoms with Crippen LogP contribution in [0.2, 0.25) is 0 Å². The van der Waals surface area contributed by atoms with Gasteiger partial charge in [0.25, 0.3) is 0 Å². The van der Waals surface area contributed by atoms with Gasteiger partial charge in [0.1, 0.15) is 54.4 Å². The number of aliphatic imine (C=N–C) groups is 3. The zero-order chi connectivity index (χ0) is 74.4. The Morgan fingerprint density at radius 2 is 1.00 bits per heavy atom. The summed E-state index contributed by atoms with van der Waals surface area (Å²) in [7, 11) is 1.90. The fourth-order valence-electron chi connectivity index (χ4n) is 9.61. The van der Waals surface area contributed by atoms with Gasteiger partial charge in [0.2, 0.25) is 65.0 Å². The largest absolute Gasteiger partial charge is 0.481 e. The molecular weight excluding hydrogens is 1340 g/mol. The van der Waals surface area contributed by atoms with Gasteiger partial charge in [-0.15, -0.1) is 0 Å². The molecule has 12 atom stereocenters. The number of rotatable bonds is 27. The summed E-state index contributed by atoms with van der Waals surface area (Å²) in [6, 6.07) is 1.52. The van der Waals surface area contributed by atoms with Crippen molar-refractivity contribution in [2.24, 2.45) is 66.9 Å². The predicted octanol–water partition coefficient (Wildman–Crippen LogP) is -5.40. The molecule has 0 aliphatic carbocycles. The second kappa shape index (κ2) is 44.8. The molecule has 1 fully saturated rings. The van der Waals surface area contributed by atoms with Crippen molar-refractivity contribution in [1.82, 2.24) is 58.5 Å².